The standard InChI is InChI=1S/C33H24ClN3O3/c34-22-15-17-23(18-16-22)35-31(39)29-28(30(38)21-9-2-1-3-10-21)33(24-11-5-6-12-25(24)36-32(33)40)27-19-14-20-8-4-7-13-26(20)37(27)29/h1-19,27-29H,(H,35,39)(H,36,40)/t27-,28-,29+,33-/m1/s1. The number of Topliss-reactive ketones (excluding diaryl/α,β-unsaturated/α-hetero) is 1. The van der Waals surface area contributed by atoms with Crippen molar-refractivity contribution in [1.82, 2.24) is 0 Å². The number of hydrogen-bond acceptors (Lipinski definition) is 4. The third-order valence-electron chi connectivity index (χ3n) is 8.26. The van der Waals surface area contributed by atoms with Gasteiger partial charge >= 0.3 is 0 Å². The van der Waals surface area contributed by atoms with Crippen LogP contribution in [0.4, 0.5) is 17.1 Å². The van der Waals surface area contributed by atoms with Crippen LogP contribution in [-0.4, -0.2) is 29.7 Å². The molecule has 1 fully saturated rings. The van der Waals surface area contributed by atoms with Crippen molar-refractivity contribution < 1.29 is 14.4 Å². The van der Waals surface area contributed by atoms with Gasteiger partial charge in [-0.15, -0.1) is 0 Å². The van der Waals surface area contributed by atoms with E-state index in [0.717, 1.165) is 16.8 Å². The SMILES string of the molecule is O=C(Nc1ccc(Cl)cc1)[C@@H]1[C@H](C(=O)c2ccccc2)[C@]2(C(=O)Nc3ccccc32)[C@H]2C=Cc3ccccc3N12. The summed E-state index contributed by atoms with van der Waals surface area (Å²) in [5.74, 6) is -1.94. The van der Waals surface area contributed by atoms with E-state index < -0.39 is 23.4 Å². The number of nitrogens with zero attached hydrogens (tertiary/aromatic N) is 1. The number of carbonyl (C=O) groups is 3. The van der Waals surface area contributed by atoms with Crippen LogP contribution in [0.25, 0.3) is 6.08 Å². The second kappa shape index (κ2) is 9.21. The molecule has 6 nitrogen and oxygen atoms in total. The van der Waals surface area contributed by atoms with Gasteiger partial charge in [-0.1, -0.05) is 90.5 Å². The van der Waals surface area contributed by atoms with Gasteiger partial charge in [-0.3, -0.25) is 14.4 Å². The number of para-hydroxylation sites is 2. The Hall–Kier alpha value is -4.68. The maximum atomic E-state index is 14.6. The van der Waals surface area contributed by atoms with E-state index in [1.807, 2.05) is 71.6 Å². The Morgan fingerprint density at radius 1 is 0.850 bits per heavy atom. The summed E-state index contributed by atoms with van der Waals surface area (Å²) < 4.78 is 0. The van der Waals surface area contributed by atoms with Crippen molar-refractivity contribution in [3.05, 3.63) is 131 Å². The number of carbonyl (C=O) groups excluding carboxylic acids is 3. The van der Waals surface area contributed by atoms with Crippen LogP contribution in [0.1, 0.15) is 21.5 Å². The van der Waals surface area contributed by atoms with E-state index in [4.69, 9.17) is 11.6 Å². The van der Waals surface area contributed by atoms with Crippen LogP contribution in [0.5, 0.6) is 0 Å². The highest BCUT2D eigenvalue weighted by atomic mass is 35.5. The zero-order valence-electron chi connectivity index (χ0n) is 21.3. The van der Waals surface area contributed by atoms with Crippen LogP contribution >= 0.6 is 11.6 Å². The first-order valence-electron chi connectivity index (χ1n) is 13.1. The molecule has 1 spiro atoms. The van der Waals surface area contributed by atoms with Gasteiger partial charge in [-0.05, 0) is 47.5 Å². The molecule has 0 aromatic heterocycles. The average Bonchev–Trinajstić information content (AvgIpc) is 3.47. The highest BCUT2D eigenvalue weighted by molar-refractivity contribution is 6.30. The minimum absolute atomic E-state index is 0.260. The normalized spacial score (nSPS) is 23.8. The van der Waals surface area contributed by atoms with Crippen molar-refractivity contribution in [2.45, 2.75) is 17.5 Å². The highest BCUT2D eigenvalue weighted by Crippen LogP contribution is 2.57. The molecule has 40 heavy (non-hydrogen) atoms. The van der Waals surface area contributed by atoms with Gasteiger partial charge in [0.25, 0.3) is 0 Å². The molecule has 0 radical (unpaired) electrons. The summed E-state index contributed by atoms with van der Waals surface area (Å²) in [5.41, 5.74) is 2.75. The summed E-state index contributed by atoms with van der Waals surface area (Å²) in [6.07, 6.45) is 3.95. The van der Waals surface area contributed by atoms with Crippen molar-refractivity contribution in [3.63, 3.8) is 0 Å². The van der Waals surface area contributed by atoms with E-state index in [-0.39, 0.29) is 17.6 Å². The lowest BCUT2D eigenvalue weighted by Gasteiger charge is -2.37. The Morgan fingerprint density at radius 3 is 2.35 bits per heavy atom. The highest BCUT2D eigenvalue weighted by Gasteiger charge is 2.70. The molecule has 3 heterocycles. The molecule has 4 aromatic carbocycles. The Labute approximate surface area is 236 Å². The molecule has 0 bridgehead atoms. The summed E-state index contributed by atoms with van der Waals surface area (Å²) in [4.78, 5) is 45.2. The number of rotatable bonds is 4. The third kappa shape index (κ3) is 3.46. The predicted octanol–water partition coefficient (Wildman–Crippen LogP) is 5.95. The van der Waals surface area contributed by atoms with Crippen molar-refractivity contribution >= 4 is 52.3 Å². The molecule has 0 saturated carbocycles. The number of benzene rings is 4. The zero-order chi connectivity index (χ0) is 27.4. The van der Waals surface area contributed by atoms with Gasteiger partial charge in [0.05, 0.1) is 12.0 Å². The van der Waals surface area contributed by atoms with Gasteiger partial charge in [0, 0.05) is 27.6 Å². The van der Waals surface area contributed by atoms with Crippen molar-refractivity contribution in [2.75, 3.05) is 15.5 Å². The molecular weight excluding hydrogens is 522 g/mol. The predicted molar refractivity (Wildman–Crippen MR) is 157 cm³/mol. The van der Waals surface area contributed by atoms with Crippen molar-refractivity contribution in [2.24, 2.45) is 5.92 Å². The van der Waals surface area contributed by atoms with Gasteiger partial charge in [-0.25, -0.2) is 0 Å². The minimum Gasteiger partial charge on any atom is -0.350 e. The molecular formula is C33H24ClN3O3. The van der Waals surface area contributed by atoms with Crippen LogP contribution in [-0.2, 0) is 15.0 Å². The van der Waals surface area contributed by atoms with E-state index in [9.17, 15) is 14.4 Å². The second-order valence-electron chi connectivity index (χ2n) is 10.3. The Bertz CT molecular complexity index is 1700. The largest absolute Gasteiger partial charge is 0.350 e. The fourth-order valence-corrected chi connectivity index (χ4v) is 6.78. The molecule has 7 heteroatoms. The molecule has 0 unspecified atom stereocenters. The minimum atomic E-state index is -1.34. The van der Waals surface area contributed by atoms with Gasteiger partial charge in [-0.2, -0.15) is 0 Å². The molecule has 4 atom stereocenters. The summed E-state index contributed by atoms with van der Waals surface area (Å²) in [6, 6.07) is 29.4. The topological polar surface area (TPSA) is 78.5 Å². The van der Waals surface area contributed by atoms with E-state index in [1.54, 1.807) is 48.5 Å². The molecule has 4 aromatic rings. The average molecular weight is 546 g/mol. The second-order valence-corrected chi connectivity index (χ2v) is 10.7. The van der Waals surface area contributed by atoms with Crippen LogP contribution < -0.4 is 15.5 Å². The summed E-state index contributed by atoms with van der Waals surface area (Å²) in [7, 11) is 0. The van der Waals surface area contributed by atoms with E-state index >= 15 is 0 Å². The quantitative estimate of drug-likeness (QED) is 0.311. The number of anilines is 3. The number of ketones is 1. The number of hydrogen-bond donors (Lipinski definition) is 2. The van der Waals surface area contributed by atoms with Crippen LogP contribution in [0.3, 0.4) is 0 Å². The molecule has 3 aliphatic rings. The van der Waals surface area contributed by atoms with Crippen LogP contribution in [0.2, 0.25) is 5.02 Å². The first-order chi connectivity index (χ1) is 19.5. The molecule has 2 amide bonds. The lowest BCUT2D eigenvalue weighted by atomic mass is 9.64. The Morgan fingerprint density at radius 2 is 1.55 bits per heavy atom. The van der Waals surface area contributed by atoms with Crippen LogP contribution in [0, 0.1) is 5.92 Å². The number of nitrogens with one attached hydrogen (secondary N) is 2. The molecule has 0 aliphatic carbocycles. The molecule has 7 rings (SSSR count). The Kier molecular flexibility index (Phi) is 5.61. The number of amides is 2. The number of halogens is 1. The molecule has 196 valence electrons. The van der Waals surface area contributed by atoms with Gasteiger partial charge < -0.3 is 15.5 Å². The smallest absolute Gasteiger partial charge is 0.247 e. The van der Waals surface area contributed by atoms with Gasteiger partial charge in [0.2, 0.25) is 11.8 Å². The zero-order valence-corrected chi connectivity index (χ0v) is 22.0. The maximum Gasteiger partial charge on any atom is 0.247 e. The van der Waals surface area contributed by atoms with E-state index in [2.05, 4.69) is 10.6 Å². The fraction of sp³-hybridized carbons (Fsp3) is 0.121. The summed E-state index contributed by atoms with van der Waals surface area (Å²) >= 11 is 6.08. The first kappa shape index (κ1) is 24.4. The molecule has 2 N–H and O–H groups in total. The van der Waals surface area contributed by atoms with E-state index in [0.29, 0.717) is 22.0 Å². The monoisotopic (exact) mass is 545 g/mol. The summed E-state index contributed by atoms with van der Waals surface area (Å²) in [6.45, 7) is 0. The van der Waals surface area contributed by atoms with Gasteiger partial charge in [0.15, 0.2) is 5.78 Å². The van der Waals surface area contributed by atoms with E-state index in [1.165, 1.54) is 0 Å². The number of fused-ring (bicyclic) bond motifs is 6. The Balaban J connectivity index is 1.48. The first-order valence-corrected chi connectivity index (χ1v) is 13.5. The third-order valence-corrected chi connectivity index (χ3v) is 8.52. The van der Waals surface area contributed by atoms with Crippen molar-refractivity contribution in [1.29, 1.82) is 0 Å². The summed E-state index contributed by atoms with van der Waals surface area (Å²) in [5, 5.41) is 6.60. The van der Waals surface area contributed by atoms with Gasteiger partial charge in [0.1, 0.15) is 11.5 Å². The fourth-order valence-electron chi connectivity index (χ4n) is 6.65. The molecule has 3 aliphatic heterocycles. The molecule has 1 saturated heterocycles. The lowest BCUT2D eigenvalue weighted by Crippen LogP contribution is -2.51. The van der Waals surface area contributed by atoms with Crippen LogP contribution in [0.15, 0.2) is 109 Å². The lowest BCUT2D eigenvalue weighted by molar-refractivity contribution is -0.122. The van der Waals surface area contributed by atoms with Crippen molar-refractivity contribution in [3.8, 4) is 0 Å². The maximum absolute atomic E-state index is 14.6.